The zero-order valence-corrected chi connectivity index (χ0v) is 16.8. The zero-order chi connectivity index (χ0) is 18.3. The molecule has 0 aromatic heterocycles. The third-order valence-corrected chi connectivity index (χ3v) is 6.72. The predicted molar refractivity (Wildman–Crippen MR) is 95.7 cm³/mol. The molecule has 0 fully saturated rings. The lowest BCUT2D eigenvalue weighted by Gasteiger charge is -2.14. The van der Waals surface area contributed by atoms with Crippen molar-refractivity contribution in [1.82, 2.24) is 0 Å². The largest absolute Gasteiger partial charge is 0.378 e. The summed E-state index contributed by atoms with van der Waals surface area (Å²) >= 11 is 3.14. The Balaban J connectivity index is 2.57. The van der Waals surface area contributed by atoms with Gasteiger partial charge in [-0.15, -0.1) is 0 Å². The lowest BCUT2D eigenvalue weighted by atomic mass is 10.1. The van der Waals surface area contributed by atoms with E-state index in [0.29, 0.717) is 11.1 Å². The van der Waals surface area contributed by atoms with Crippen LogP contribution in [-0.2, 0) is 20.0 Å². The Bertz CT molecular complexity index is 986. The average molecular weight is 433 g/mol. The maximum Gasteiger partial charge on any atom is 0.340 e. The van der Waals surface area contributed by atoms with E-state index in [1.165, 1.54) is 12.1 Å². The predicted octanol–water partition coefficient (Wildman–Crippen LogP) is 3.55. The fourth-order valence-corrected chi connectivity index (χ4v) is 5.07. The first-order valence-corrected chi connectivity index (χ1v) is 11.0. The van der Waals surface area contributed by atoms with E-state index in [1.54, 1.807) is 13.8 Å². The van der Waals surface area contributed by atoms with Crippen molar-refractivity contribution in [3.05, 3.63) is 51.5 Å². The minimum atomic E-state index is -4.20. The van der Waals surface area contributed by atoms with Gasteiger partial charge in [0.2, 0.25) is 0 Å². The average Bonchev–Trinajstić information content (AvgIpc) is 2.41. The molecule has 0 unspecified atom stereocenters. The molecule has 2 aromatic carbocycles. The molecule has 2 rings (SSSR count). The smallest absolute Gasteiger partial charge is 0.340 e. The van der Waals surface area contributed by atoms with Crippen molar-refractivity contribution >= 4 is 35.9 Å². The van der Waals surface area contributed by atoms with Crippen LogP contribution in [0.1, 0.15) is 16.7 Å². The molecule has 0 N–H and O–H groups in total. The Morgan fingerprint density at radius 2 is 1.46 bits per heavy atom. The molecule has 0 heterocycles. The highest BCUT2D eigenvalue weighted by molar-refractivity contribution is 9.10. The van der Waals surface area contributed by atoms with Gasteiger partial charge < -0.3 is 4.18 Å². The molecule has 0 aliphatic rings. The summed E-state index contributed by atoms with van der Waals surface area (Å²) in [5.41, 5.74) is 2.37. The summed E-state index contributed by atoms with van der Waals surface area (Å²) < 4.78 is 54.2. The first-order valence-electron chi connectivity index (χ1n) is 6.94. The topological polar surface area (TPSA) is 77.5 Å². The maximum atomic E-state index is 12.6. The van der Waals surface area contributed by atoms with Gasteiger partial charge in [0, 0.05) is 10.7 Å². The van der Waals surface area contributed by atoms with Crippen LogP contribution in [0.5, 0.6) is 5.75 Å². The van der Waals surface area contributed by atoms with Crippen molar-refractivity contribution in [2.24, 2.45) is 0 Å². The van der Waals surface area contributed by atoms with Gasteiger partial charge in [-0.25, -0.2) is 8.42 Å². The lowest BCUT2D eigenvalue weighted by Crippen LogP contribution is -2.13. The molecule has 0 amide bonds. The van der Waals surface area contributed by atoms with Crippen molar-refractivity contribution in [2.45, 2.75) is 30.6 Å². The van der Waals surface area contributed by atoms with Crippen LogP contribution in [0.25, 0.3) is 0 Å². The van der Waals surface area contributed by atoms with Gasteiger partial charge in [0.05, 0.1) is 4.90 Å². The van der Waals surface area contributed by atoms with Gasteiger partial charge in [-0.05, 0) is 66.0 Å². The second kappa shape index (κ2) is 6.50. The molecule has 24 heavy (non-hydrogen) atoms. The first-order chi connectivity index (χ1) is 10.9. The number of sulfone groups is 1. The fraction of sp³-hybridized carbons (Fsp3) is 0.250. The summed E-state index contributed by atoms with van der Waals surface area (Å²) in [7, 11) is -7.73. The van der Waals surface area contributed by atoms with E-state index < -0.39 is 20.0 Å². The third kappa shape index (κ3) is 3.99. The van der Waals surface area contributed by atoms with E-state index in [4.69, 9.17) is 4.18 Å². The third-order valence-electron chi connectivity index (χ3n) is 3.40. The van der Waals surface area contributed by atoms with Crippen molar-refractivity contribution in [1.29, 1.82) is 0 Å². The van der Waals surface area contributed by atoms with E-state index in [9.17, 15) is 16.8 Å². The van der Waals surface area contributed by atoms with Gasteiger partial charge in [-0.2, -0.15) is 8.42 Å². The minimum absolute atomic E-state index is 0.0924. The second-order valence-electron chi connectivity index (χ2n) is 5.63. The molecule has 2 aromatic rings. The summed E-state index contributed by atoms with van der Waals surface area (Å²) in [6, 6.07) is 7.44. The molecule has 0 radical (unpaired) electrons. The summed E-state index contributed by atoms with van der Waals surface area (Å²) in [6.07, 6.45) is 1.02. The Hall–Kier alpha value is -1.38. The van der Waals surface area contributed by atoms with Crippen molar-refractivity contribution < 1.29 is 21.0 Å². The number of rotatable bonds is 4. The van der Waals surface area contributed by atoms with Gasteiger partial charge in [0.1, 0.15) is 10.6 Å². The molecule has 0 aliphatic heterocycles. The molecule has 0 atom stereocenters. The van der Waals surface area contributed by atoms with Crippen molar-refractivity contribution in [3.63, 3.8) is 0 Å². The highest BCUT2D eigenvalue weighted by atomic mass is 79.9. The molecule has 130 valence electrons. The molecule has 5 nitrogen and oxygen atoms in total. The van der Waals surface area contributed by atoms with Gasteiger partial charge in [-0.1, -0.05) is 17.7 Å². The number of halogens is 1. The highest BCUT2D eigenvalue weighted by Gasteiger charge is 2.24. The molecular formula is C16H17BrO5S2. The molecule has 0 saturated carbocycles. The second-order valence-corrected chi connectivity index (χ2v) is 10.0. The van der Waals surface area contributed by atoms with Crippen LogP contribution in [0.4, 0.5) is 0 Å². The first kappa shape index (κ1) is 19.0. The van der Waals surface area contributed by atoms with Gasteiger partial charge in [0.15, 0.2) is 9.84 Å². The Labute approximate surface area is 150 Å². The standard InChI is InChI=1S/C16H17BrO5S2/c1-10-7-11(2)16(12(3)8-10)22-24(20,21)15-9-13(23(4,18)19)5-6-14(15)17/h5-9H,1-4H3. The molecule has 0 aliphatic carbocycles. The van der Waals surface area contributed by atoms with Crippen LogP contribution in [0.15, 0.2) is 44.6 Å². The van der Waals surface area contributed by atoms with Crippen molar-refractivity contribution in [3.8, 4) is 5.75 Å². The van der Waals surface area contributed by atoms with E-state index in [0.717, 1.165) is 17.9 Å². The summed E-state index contributed by atoms with van der Waals surface area (Å²) in [6.45, 7) is 5.42. The molecule has 0 saturated heterocycles. The van der Waals surface area contributed by atoms with Crippen LogP contribution in [0.3, 0.4) is 0 Å². The van der Waals surface area contributed by atoms with Crippen molar-refractivity contribution in [2.75, 3.05) is 6.26 Å². The zero-order valence-electron chi connectivity index (χ0n) is 13.6. The Morgan fingerprint density at radius 3 is 1.96 bits per heavy atom. The quantitative estimate of drug-likeness (QED) is 0.690. The molecular weight excluding hydrogens is 416 g/mol. The number of hydrogen-bond acceptors (Lipinski definition) is 5. The summed E-state index contributed by atoms with van der Waals surface area (Å²) in [4.78, 5) is -0.324. The van der Waals surface area contributed by atoms with E-state index >= 15 is 0 Å². The maximum absolute atomic E-state index is 12.6. The normalized spacial score (nSPS) is 12.2. The summed E-state index contributed by atoms with van der Waals surface area (Å²) in [5, 5.41) is 0. The summed E-state index contributed by atoms with van der Waals surface area (Å²) in [5.74, 6) is 0.247. The van der Waals surface area contributed by atoms with E-state index in [-0.39, 0.29) is 20.0 Å². The molecule has 0 spiro atoms. The van der Waals surface area contributed by atoms with Crippen LogP contribution >= 0.6 is 15.9 Å². The highest BCUT2D eigenvalue weighted by Crippen LogP contribution is 2.31. The van der Waals surface area contributed by atoms with E-state index in [2.05, 4.69) is 15.9 Å². The SMILES string of the molecule is Cc1cc(C)c(OS(=O)(=O)c2cc(S(C)(=O)=O)ccc2Br)c(C)c1. The monoisotopic (exact) mass is 432 g/mol. The van der Waals surface area contributed by atoms with Crippen LogP contribution in [-0.4, -0.2) is 23.1 Å². The Kier molecular flexibility index (Phi) is 5.13. The van der Waals surface area contributed by atoms with Gasteiger partial charge >= 0.3 is 10.1 Å². The van der Waals surface area contributed by atoms with Gasteiger partial charge in [-0.3, -0.25) is 0 Å². The molecule has 0 bridgehead atoms. The fourth-order valence-electron chi connectivity index (χ4n) is 2.36. The van der Waals surface area contributed by atoms with Gasteiger partial charge in [0.25, 0.3) is 0 Å². The number of hydrogen-bond donors (Lipinski definition) is 0. The lowest BCUT2D eigenvalue weighted by molar-refractivity contribution is 0.481. The molecule has 8 heteroatoms. The number of aryl methyl sites for hydroxylation is 3. The minimum Gasteiger partial charge on any atom is -0.378 e. The van der Waals surface area contributed by atoms with Crippen LogP contribution in [0.2, 0.25) is 0 Å². The van der Waals surface area contributed by atoms with Crippen LogP contribution in [0, 0.1) is 20.8 Å². The van der Waals surface area contributed by atoms with E-state index in [1.807, 2.05) is 19.1 Å². The Morgan fingerprint density at radius 1 is 0.917 bits per heavy atom. The van der Waals surface area contributed by atoms with Crippen LogP contribution < -0.4 is 4.18 Å². The number of benzene rings is 2.